The van der Waals surface area contributed by atoms with E-state index in [1.807, 2.05) is 29.6 Å². The monoisotopic (exact) mass is 359 g/mol. The highest BCUT2D eigenvalue weighted by molar-refractivity contribution is 7.99. The van der Waals surface area contributed by atoms with Crippen molar-refractivity contribution in [2.24, 2.45) is 5.10 Å². The van der Waals surface area contributed by atoms with Gasteiger partial charge in [-0.15, -0.1) is 11.3 Å². The van der Waals surface area contributed by atoms with Crippen LogP contribution in [0.15, 0.2) is 56.9 Å². The lowest BCUT2D eigenvalue weighted by Gasteiger charge is -2.20. The average molecular weight is 359 g/mol. The number of carbonyl (C=O) groups is 1. The van der Waals surface area contributed by atoms with Gasteiger partial charge in [0.05, 0.1) is 18.1 Å². The molecule has 4 rings (SSSR count). The van der Waals surface area contributed by atoms with Crippen molar-refractivity contribution in [1.29, 1.82) is 0 Å². The largest absolute Gasteiger partial charge is 0.463 e. The SMILES string of the molecule is O=C(CSc1ncn[nH]1)N1N=C(c2ccco2)C[C@H]1c1cccs1. The molecule has 122 valence electrons. The molecule has 0 saturated carbocycles. The number of thioether (sulfide) groups is 1. The Labute approximate surface area is 145 Å². The minimum absolute atomic E-state index is 0.0728. The molecule has 1 aliphatic rings. The van der Waals surface area contributed by atoms with Crippen molar-refractivity contribution in [1.82, 2.24) is 20.2 Å². The van der Waals surface area contributed by atoms with Gasteiger partial charge in [-0.25, -0.2) is 9.99 Å². The maximum atomic E-state index is 12.7. The van der Waals surface area contributed by atoms with Crippen LogP contribution < -0.4 is 0 Å². The van der Waals surface area contributed by atoms with Crippen molar-refractivity contribution < 1.29 is 9.21 Å². The van der Waals surface area contributed by atoms with Crippen LogP contribution in [0.1, 0.15) is 23.1 Å². The van der Waals surface area contributed by atoms with Gasteiger partial charge in [0.2, 0.25) is 0 Å². The highest BCUT2D eigenvalue weighted by Gasteiger charge is 2.34. The van der Waals surface area contributed by atoms with Crippen LogP contribution in [0.4, 0.5) is 0 Å². The lowest BCUT2D eigenvalue weighted by Crippen LogP contribution is -2.28. The number of nitrogens with zero attached hydrogens (tertiary/aromatic N) is 4. The number of nitrogens with one attached hydrogen (secondary N) is 1. The third-order valence-corrected chi connectivity index (χ3v) is 5.40. The second kappa shape index (κ2) is 6.62. The van der Waals surface area contributed by atoms with Crippen LogP contribution in [-0.2, 0) is 4.79 Å². The van der Waals surface area contributed by atoms with Crippen molar-refractivity contribution in [3.05, 3.63) is 52.9 Å². The zero-order valence-electron chi connectivity index (χ0n) is 12.5. The van der Waals surface area contributed by atoms with Gasteiger partial charge >= 0.3 is 0 Å². The molecule has 3 aromatic rings. The van der Waals surface area contributed by atoms with Crippen LogP contribution >= 0.6 is 23.1 Å². The Kier molecular flexibility index (Phi) is 4.18. The third kappa shape index (κ3) is 3.00. The number of hydrogen-bond donors (Lipinski definition) is 1. The molecule has 0 aromatic carbocycles. The van der Waals surface area contributed by atoms with E-state index in [0.717, 1.165) is 10.6 Å². The maximum absolute atomic E-state index is 12.7. The van der Waals surface area contributed by atoms with Gasteiger partial charge in [0.1, 0.15) is 17.8 Å². The van der Waals surface area contributed by atoms with Crippen molar-refractivity contribution in [2.45, 2.75) is 17.6 Å². The molecule has 1 aliphatic heterocycles. The second-order valence-electron chi connectivity index (χ2n) is 5.08. The van der Waals surface area contributed by atoms with Gasteiger partial charge < -0.3 is 4.42 Å². The molecule has 4 heterocycles. The van der Waals surface area contributed by atoms with Gasteiger partial charge in [-0.05, 0) is 23.6 Å². The Balaban J connectivity index is 1.55. The minimum atomic E-state index is -0.0899. The Hall–Kier alpha value is -2.39. The van der Waals surface area contributed by atoms with E-state index in [-0.39, 0.29) is 17.7 Å². The topological polar surface area (TPSA) is 87.4 Å². The lowest BCUT2D eigenvalue weighted by molar-refractivity contribution is -0.130. The molecule has 0 fully saturated rings. The number of amides is 1. The molecule has 0 saturated heterocycles. The Morgan fingerprint density at radius 3 is 3.12 bits per heavy atom. The summed E-state index contributed by atoms with van der Waals surface area (Å²) in [6.45, 7) is 0. The fraction of sp³-hybridized carbons (Fsp3) is 0.200. The normalized spacial score (nSPS) is 17.2. The molecule has 0 aliphatic carbocycles. The highest BCUT2D eigenvalue weighted by Crippen LogP contribution is 2.35. The van der Waals surface area contributed by atoms with Crippen molar-refractivity contribution in [3.8, 4) is 0 Å². The molecule has 3 aromatic heterocycles. The number of carbonyl (C=O) groups excluding carboxylic acids is 1. The summed E-state index contributed by atoms with van der Waals surface area (Å²) >= 11 is 2.93. The number of rotatable bonds is 5. The average Bonchev–Trinajstić information content (AvgIpc) is 3.40. The van der Waals surface area contributed by atoms with Crippen molar-refractivity contribution in [3.63, 3.8) is 0 Å². The zero-order chi connectivity index (χ0) is 16.4. The molecule has 0 spiro atoms. The summed E-state index contributed by atoms with van der Waals surface area (Å²) < 4.78 is 5.44. The Morgan fingerprint density at radius 1 is 1.46 bits per heavy atom. The van der Waals surface area contributed by atoms with Gasteiger partial charge in [-0.1, -0.05) is 17.8 Å². The van der Waals surface area contributed by atoms with Gasteiger partial charge in [0.25, 0.3) is 5.91 Å². The molecule has 1 N–H and O–H groups in total. The molecular weight excluding hydrogens is 346 g/mol. The van der Waals surface area contributed by atoms with Crippen LogP contribution in [0.3, 0.4) is 0 Å². The summed E-state index contributed by atoms with van der Waals surface area (Å²) in [5.74, 6) is 0.873. The van der Waals surface area contributed by atoms with Crippen LogP contribution in [0, 0.1) is 0 Å². The predicted molar refractivity (Wildman–Crippen MR) is 90.9 cm³/mol. The molecule has 9 heteroatoms. The summed E-state index contributed by atoms with van der Waals surface area (Å²) in [6.07, 6.45) is 3.68. The molecule has 1 amide bonds. The number of aromatic amines is 1. The molecule has 0 unspecified atom stereocenters. The molecule has 0 radical (unpaired) electrons. The molecule has 1 atom stereocenters. The van der Waals surface area contributed by atoms with Gasteiger partial charge in [0, 0.05) is 11.3 Å². The second-order valence-corrected chi connectivity index (χ2v) is 7.02. The predicted octanol–water partition coefficient (Wildman–Crippen LogP) is 2.93. The van der Waals surface area contributed by atoms with E-state index in [0.29, 0.717) is 17.3 Å². The smallest absolute Gasteiger partial charge is 0.253 e. The van der Waals surface area contributed by atoms with Crippen molar-refractivity contribution in [2.75, 3.05) is 5.75 Å². The van der Waals surface area contributed by atoms with E-state index in [9.17, 15) is 4.79 Å². The van der Waals surface area contributed by atoms with E-state index in [1.165, 1.54) is 18.1 Å². The van der Waals surface area contributed by atoms with Crippen LogP contribution in [0.2, 0.25) is 0 Å². The van der Waals surface area contributed by atoms with Crippen LogP contribution in [0.25, 0.3) is 0 Å². The Morgan fingerprint density at radius 2 is 2.42 bits per heavy atom. The van der Waals surface area contributed by atoms with Crippen LogP contribution in [-0.4, -0.2) is 37.6 Å². The summed E-state index contributed by atoms with van der Waals surface area (Å²) in [6, 6.07) is 7.60. The number of hydrogen-bond acceptors (Lipinski definition) is 7. The number of hydrazone groups is 1. The first kappa shape index (κ1) is 15.2. The summed E-state index contributed by atoms with van der Waals surface area (Å²) in [4.78, 5) is 17.8. The molecule has 7 nitrogen and oxygen atoms in total. The first-order chi connectivity index (χ1) is 11.8. The van der Waals surface area contributed by atoms with E-state index >= 15 is 0 Å². The zero-order valence-corrected chi connectivity index (χ0v) is 14.1. The Bertz CT molecular complexity index is 827. The fourth-order valence-electron chi connectivity index (χ4n) is 2.49. The van der Waals surface area contributed by atoms with E-state index in [4.69, 9.17) is 4.42 Å². The maximum Gasteiger partial charge on any atom is 0.253 e. The molecular formula is C15H13N5O2S2. The molecule has 24 heavy (non-hydrogen) atoms. The first-order valence-corrected chi connectivity index (χ1v) is 9.13. The van der Waals surface area contributed by atoms with Crippen molar-refractivity contribution >= 4 is 34.7 Å². The summed E-state index contributed by atoms with van der Waals surface area (Å²) in [7, 11) is 0. The summed E-state index contributed by atoms with van der Waals surface area (Å²) in [5, 5.41) is 15.2. The fourth-order valence-corrected chi connectivity index (χ4v) is 3.94. The highest BCUT2D eigenvalue weighted by atomic mass is 32.2. The first-order valence-electron chi connectivity index (χ1n) is 7.26. The quantitative estimate of drug-likeness (QED) is 0.708. The van der Waals surface area contributed by atoms with Gasteiger partial charge in [-0.2, -0.15) is 10.2 Å². The van der Waals surface area contributed by atoms with Gasteiger partial charge in [-0.3, -0.25) is 9.89 Å². The standard InChI is InChI=1S/C15H13N5O2S2/c21-14(8-24-15-16-9-17-18-15)20-11(13-4-2-6-23-13)7-10(19-20)12-3-1-5-22-12/h1-6,9,11H,7-8H2,(H,16,17,18)/t11-/m0/s1. The summed E-state index contributed by atoms with van der Waals surface area (Å²) in [5.41, 5.74) is 0.788. The van der Waals surface area contributed by atoms with E-state index in [1.54, 1.807) is 22.6 Å². The molecule has 0 bridgehead atoms. The van der Waals surface area contributed by atoms with Crippen LogP contribution in [0.5, 0.6) is 0 Å². The number of furan rings is 1. The third-order valence-electron chi connectivity index (χ3n) is 3.57. The number of thiophene rings is 1. The van der Waals surface area contributed by atoms with Gasteiger partial charge in [0.15, 0.2) is 5.16 Å². The lowest BCUT2D eigenvalue weighted by atomic mass is 10.1. The number of aromatic nitrogens is 3. The minimum Gasteiger partial charge on any atom is -0.463 e. The van der Waals surface area contributed by atoms with E-state index < -0.39 is 0 Å². The van der Waals surface area contributed by atoms with E-state index in [2.05, 4.69) is 20.3 Å². The number of H-pyrrole nitrogens is 1.